The molecule has 0 bridgehead atoms. The van der Waals surface area contributed by atoms with Crippen molar-refractivity contribution in [1.82, 2.24) is 0 Å². The van der Waals surface area contributed by atoms with Crippen molar-refractivity contribution < 1.29 is 23.0 Å². The van der Waals surface area contributed by atoms with Crippen LogP contribution in [0.1, 0.15) is 17.4 Å². The largest absolute Gasteiger partial charge is 0.380 e. The normalized spacial score (nSPS) is 20.4. The van der Waals surface area contributed by atoms with Gasteiger partial charge in [-0.2, -0.15) is 0 Å². The zero-order chi connectivity index (χ0) is 17.8. The summed E-state index contributed by atoms with van der Waals surface area (Å²) in [5, 5.41) is 0. The average Bonchev–Trinajstić information content (AvgIpc) is 2.65. The number of rotatable bonds is 5. The molecule has 0 saturated carbocycles. The molecule has 25 heavy (non-hydrogen) atoms. The van der Waals surface area contributed by atoms with Crippen molar-refractivity contribution in [3.63, 3.8) is 0 Å². The van der Waals surface area contributed by atoms with Crippen LogP contribution in [0.3, 0.4) is 0 Å². The van der Waals surface area contributed by atoms with Gasteiger partial charge in [-0.05, 0) is 23.3 Å². The quantitative estimate of drug-likeness (QED) is 0.739. The lowest BCUT2D eigenvalue weighted by molar-refractivity contribution is -0.197. The Kier molecular flexibility index (Phi) is 5.58. The third-order valence-electron chi connectivity index (χ3n) is 4.20. The third-order valence-corrected chi connectivity index (χ3v) is 4.20. The monoisotopic (exact) mass is 346 g/mol. The topological polar surface area (TPSA) is 27.7 Å². The molecule has 2 aromatic rings. The SMILES string of the molecule is C=C[C@H]1CO[C@H](c2ccc(-c3cc(F)c(COC)c(F)c3)cc2)OC1. The lowest BCUT2D eigenvalue weighted by Crippen LogP contribution is -2.25. The van der Waals surface area contributed by atoms with Crippen molar-refractivity contribution in [2.75, 3.05) is 20.3 Å². The Labute approximate surface area is 145 Å². The molecule has 0 aliphatic carbocycles. The minimum atomic E-state index is -0.615. The molecule has 3 nitrogen and oxygen atoms in total. The summed E-state index contributed by atoms with van der Waals surface area (Å²) in [6, 6.07) is 9.90. The highest BCUT2D eigenvalue weighted by Crippen LogP contribution is 2.29. The molecule has 132 valence electrons. The van der Waals surface area contributed by atoms with Crippen molar-refractivity contribution in [3.05, 3.63) is 71.8 Å². The van der Waals surface area contributed by atoms with Crippen molar-refractivity contribution in [3.8, 4) is 11.1 Å². The maximum atomic E-state index is 14.1. The third kappa shape index (κ3) is 3.95. The molecule has 0 unspecified atom stereocenters. The summed E-state index contributed by atoms with van der Waals surface area (Å²) in [7, 11) is 1.40. The predicted molar refractivity (Wildman–Crippen MR) is 90.8 cm³/mol. The molecule has 5 heteroatoms. The summed E-state index contributed by atoms with van der Waals surface area (Å²) in [6.07, 6.45) is 1.39. The van der Waals surface area contributed by atoms with Crippen LogP contribution in [0.4, 0.5) is 8.78 Å². The number of halogens is 2. The maximum Gasteiger partial charge on any atom is 0.183 e. The van der Waals surface area contributed by atoms with Gasteiger partial charge >= 0.3 is 0 Å². The summed E-state index contributed by atoms with van der Waals surface area (Å²) in [4.78, 5) is 0. The molecule has 0 N–H and O–H groups in total. The first-order valence-electron chi connectivity index (χ1n) is 8.05. The van der Waals surface area contributed by atoms with E-state index in [1.165, 1.54) is 19.2 Å². The van der Waals surface area contributed by atoms with E-state index in [1.54, 1.807) is 12.1 Å². The number of hydrogen-bond acceptors (Lipinski definition) is 3. The van der Waals surface area contributed by atoms with E-state index in [9.17, 15) is 8.78 Å². The van der Waals surface area contributed by atoms with Gasteiger partial charge in [-0.1, -0.05) is 30.3 Å². The number of methoxy groups -OCH3 is 1. The van der Waals surface area contributed by atoms with Crippen LogP contribution >= 0.6 is 0 Å². The fourth-order valence-electron chi connectivity index (χ4n) is 2.73. The second kappa shape index (κ2) is 7.87. The Bertz CT molecular complexity index is 712. The smallest absolute Gasteiger partial charge is 0.183 e. The summed E-state index contributed by atoms with van der Waals surface area (Å²) in [6.45, 7) is 4.76. The van der Waals surface area contributed by atoms with Crippen LogP contribution in [-0.2, 0) is 20.8 Å². The lowest BCUT2D eigenvalue weighted by Gasteiger charge is -2.28. The van der Waals surface area contributed by atoms with Crippen LogP contribution in [0.2, 0.25) is 0 Å². The summed E-state index contributed by atoms with van der Waals surface area (Å²) in [5.74, 6) is -1.03. The Hall–Kier alpha value is -2.08. The molecule has 0 spiro atoms. The fraction of sp³-hybridized carbons (Fsp3) is 0.300. The van der Waals surface area contributed by atoms with Gasteiger partial charge in [-0.15, -0.1) is 6.58 Å². The first-order chi connectivity index (χ1) is 12.1. The zero-order valence-corrected chi connectivity index (χ0v) is 14.0. The molecule has 0 atom stereocenters. The van der Waals surface area contributed by atoms with Crippen LogP contribution in [0.15, 0.2) is 49.1 Å². The van der Waals surface area contributed by atoms with Crippen molar-refractivity contribution in [2.24, 2.45) is 5.92 Å². The van der Waals surface area contributed by atoms with E-state index in [0.29, 0.717) is 24.3 Å². The fourth-order valence-corrected chi connectivity index (χ4v) is 2.73. The van der Waals surface area contributed by atoms with Gasteiger partial charge in [-0.25, -0.2) is 8.78 Å². The molecule has 0 radical (unpaired) electrons. The van der Waals surface area contributed by atoms with Gasteiger partial charge in [0.15, 0.2) is 6.29 Å². The van der Waals surface area contributed by atoms with E-state index in [1.807, 2.05) is 18.2 Å². The van der Waals surface area contributed by atoms with E-state index in [2.05, 4.69) is 6.58 Å². The second-order valence-electron chi connectivity index (χ2n) is 5.97. The van der Waals surface area contributed by atoms with Crippen LogP contribution in [0.25, 0.3) is 11.1 Å². The Morgan fingerprint density at radius 3 is 2.20 bits per heavy atom. The van der Waals surface area contributed by atoms with E-state index in [4.69, 9.17) is 14.2 Å². The van der Waals surface area contributed by atoms with Crippen LogP contribution in [-0.4, -0.2) is 20.3 Å². The standard InChI is InChI=1S/C20H20F2O3/c1-3-13-10-24-20(25-11-13)15-6-4-14(5-7-15)16-8-18(21)17(12-23-2)19(22)9-16/h3-9,13,20H,1,10-12H2,2H3/t13-,20-. The van der Waals surface area contributed by atoms with Gasteiger partial charge in [0.25, 0.3) is 0 Å². The van der Waals surface area contributed by atoms with Gasteiger partial charge in [0.1, 0.15) is 11.6 Å². The van der Waals surface area contributed by atoms with Gasteiger partial charge in [0, 0.05) is 24.2 Å². The number of benzene rings is 2. The highest BCUT2D eigenvalue weighted by molar-refractivity contribution is 5.64. The molecular formula is C20H20F2O3. The molecule has 2 aromatic carbocycles. The Morgan fingerprint density at radius 2 is 1.68 bits per heavy atom. The molecule has 1 aliphatic rings. The summed E-state index contributed by atoms with van der Waals surface area (Å²) < 4.78 is 44.3. The predicted octanol–water partition coefficient (Wildman–Crippen LogP) is 4.63. The van der Waals surface area contributed by atoms with Gasteiger partial charge in [0.05, 0.1) is 19.8 Å². The van der Waals surface area contributed by atoms with E-state index in [-0.39, 0.29) is 18.1 Å². The molecule has 0 amide bonds. The van der Waals surface area contributed by atoms with E-state index < -0.39 is 17.9 Å². The van der Waals surface area contributed by atoms with Crippen LogP contribution < -0.4 is 0 Å². The number of hydrogen-bond donors (Lipinski definition) is 0. The maximum absolute atomic E-state index is 14.1. The second-order valence-corrected chi connectivity index (χ2v) is 5.97. The summed E-state index contributed by atoms with van der Waals surface area (Å²) >= 11 is 0. The van der Waals surface area contributed by atoms with Gasteiger partial charge in [0.2, 0.25) is 0 Å². The lowest BCUT2D eigenvalue weighted by atomic mass is 10.0. The highest BCUT2D eigenvalue weighted by Gasteiger charge is 2.21. The first kappa shape index (κ1) is 17.7. The molecular weight excluding hydrogens is 326 g/mol. The molecule has 1 heterocycles. The van der Waals surface area contributed by atoms with Crippen molar-refractivity contribution in [2.45, 2.75) is 12.9 Å². The van der Waals surface area contributed by atoms with Crippen molar-refractivity contribution in [1.29, 1.82) is 0 Å². The highest BCUT2D eigenvalue weighted by atomic mass is 19.1. The first-order valence-corrected chi connectivity index (χ1v) is 8.05. The van der Waals surface area contributed by atoms with E-state index in [0.717, 1.165) is 5.56 Å². The molecule has 1 aliphatic heterocycles. The minimum Gasteiger partial charge on any atom is -0.380 e. The van der Waals surface area contributed by atoms with E-state index >= 15 is 0 Å². The molecule has 1 saturated heterocycles. The van der Waals surface area contributed by atoms with Gasteiger partial charge in [-0.3, -0.25) is 0 Å². The van der Waals surface area contributed by atoms with Crippen LogP contribution in [0, 0.1) is 17.6 Å². The molecule has 0 aromatic heterocycles. The Morgan fingerprint density at radius 1 is 1.08 bits per heavy atom. The Balaban J connectivity index is 1.78. The average molecular weight is 346 g/mol. The minimum absolute atomic E-state index is 0.0661. The molecule has 3 rings (SSSR count). The molecule has 1 fully saturated rings. The number of ether oxygens (including phenoxy) is 3. The zero-order valence-electron chi connectivity index (χ0n) is 14.0. The van der Waals surface area contributed by atoms with Crippen molar-refractivity contribution >= 4 is 0 Å². The summed E-state index contributed by atoms with van der Waals surface area (Å²) in [5.41, 5.74) is 1.98. The van der Waals surface area contributed by atoms with Gasteiger partial charge < -0.3 is 14.2 Å². The van der Waals surface area contributed by atoms with Crippen LogP contribution in [0.5, 0.6) is 0 Å².